The van der Waals surface area contributed by atoms with E-state index in [2.05, 4.69) is 17.8 Å². The van der Waals surface area contributed by atoms with Gasteiger partial charge in [0.25, 0.3) is 0 Å². The van der Waals surface area contributed by atoms with Crippen LogP contribution in [0, 0.1) is 37.0 Å². The van der Waals surface area contributed by atoms with Crippen LogP contribution in [0.5, 0.6) is 17.2 Å². The predicted octanol–water partition coefficient (Wildman–Crippen LogP) is 4.74. The molecule has 162 valence electrons. The van der Waals surface area contributed by atoms with Gasteiger partial charge in [-0.1, -0.05) is 17.8 Å². The topological polar surface area (TPSA) is 27.7 Å². The first-order valence-corrected chi connectivity index (χ1v) is 10.5. The van der Waals surface area contributed by atoms with Crippen LogP contribution in [-0.4, -0.2) is 21.3 Å². The lowest BCUT2D eigenvalue weighted by molar-refractivity contribution is 0.412. The van der Waals surface area contributed by atoms with Gasteiger partial charge in [-0.3, -0.25) is 0 Å². The Morgan fingerprint density at radius 3 is 0.939 bits per heavy atom. The van der Waals surface area contributed by atoms with Gasteiger partial charge in [0.1, 0.15) is 17.2 Å². The summed E-state index contributed by atoms with van der Waals surface area (Å²) in [5.74, 6) is 10.3. The molecule has 0 saturated heterocycles. The van der Waals surface area contributed by atoms with E-state index in [0.717, 1.165) is 50.1 Å². The average molecular weight is 433 g/mol. The van der Waals surface area contributed by atoms with E-state index in [1.165, 1.54) is 0 Å². The molecule has 0 bridgehead atoms. The second-order valence-electron chi connectivity index (χ2n) is 7.93. The van der Waals surface area contributed by atoms with Gasteiger partial charge in [0.05, 0.1) is 38.0 Å². The van der Waals surface area contributed by atoms with Crippen LogP contribution in [0.2, 0.25) is 0 Å². The van der Waals surface area contributed by atoms with E-state index in [9.17, 15) is 0 Å². The maximum Gasteiger partial charge on any atom is 0.134 e. The van der Waals surface area contributed by atoms with Crippen molar-refractivity contribution in [3.63, 3.8) is 0 Å². The normalized spacial score (nSPS) is 11.6. The largest absolute Gasteiger partial charge is 0.495 e. The lowest BCUT2D eigenvalue weighted by atomic mass is 9.92. The molecule has 0 heterocycles. The molecule has 1 aliphatic rings. The van der Waals surface area contributed by atoms with Crippen molar-refractivity contribution >= 4 is 0 Å². The Morgan fingerprint density at radius 2 is 0.727 bits per heavy atom. The second-order valence-corrected chi connectivity index (χ2v) is 7.93. The molecule has 0 atom stereocenters. The van der Waals surface area contributed by atoms with Gasteiger partial charge >= 0.3 is 0 Å². The van der Waals surface area contributed by atoms with E-state index in [4.69, 9.17) is 33.5 Å². The quantitative estimate of drug-likeness (QED) is 0.438. The monoisotopic (exact) mass is 432 g/mol. The smallest absolute Gasteiger partial charge is 0.134 e. The Balaban J connectivity index is 2.03. The van der Waals surface area contributed by atoms with Gasteiger partial charge in [-0.15, -0.1) is 19.3 Å². The van der Waals surface area contributed by atoms with Crippen molar-refractivity contribution in [2.45, 2.75) is 19.3 Å². The molecule has 4 rings (SSSR count). The molecule has 33 heavy (non-hydrogen) atoms. The van der Waals surface area contributed by atoms with Crippen molar-refractivity contribution in [3.8, 4) is 54.3 Å². The zero-order chi connectivity index (χ0) is 23.5. The van der Waals surface area contributed by atoms with Crippen molar-refractivity contribution in [1.29, 1.82) is 0 Å². The molecule has 0 saturated carbocycles. The third-order valence-electron chi connectivity index (χ3n) is 6.17. The van der Waals surface area contributed by atoms with Gasteiger partial charge in [0.2, 0.25) is 0 Å². The minimum atomic E-state index is 0.684. The fourth-order valence-corrected chi connectivity index (χ4v) is 4.45. The lowest BCUT2D eigenvalue weighted by Gasteiger charge is -2.15. The van der Waals surface area contributed by atoms with Crippen LogP contribution in [-0.2, 0) is 19.3 Å². The average Bonchev–Trinajstić information content (AvgIpc) is 2.90. The number of terminal acetylenes is 3. The molecule has 0 spiro atoms. The van der Waals surface area contributed by atoms with Gasteiger partial charge in [-0.2, -0.15) is 0 Å². The first-order chi connectivity index (χ1) is 16.0. The Hall–Kier alpha value is -4.26. The molecule has 0 N–H and O–H groups in total. The van der Waals surface area contributed by atoms with Gasteiger partial charge in [-0.25, -0.2) is 0 Å². The summed E-state index contributed by atoms with van der Waals surface area (Å²) < 4.78 is 16.7. The van der Waals surface area contributed by atoms with Crippen LogP contribution < -0.4 is 14.2 Å². The molecule has 3 aromatic carbocycles. The standard InChI is InChI=1S/C30H24O3/c1-7-19-10-22-13-26-17-29(32-5)21(9-3)12-24(26)15-27-18-30(33-6)20(8-2)11-23(27)14-25(22)16-28(19)31-4/h1-3,10-12,16-18H,13-15H2,4-6H3. The number of rotatable bonds is 3. The molecule has 0 aromatic heterocycles. The third kappa shape index (κ3) is 4.01. The van der Waals surface area contributed by atoms with Crippen molar-refractivity contribution < 1.29 is 14.2 Å². The molecular weight excluding hydrogens is 408 g/mol. The van der Waals surface area contributed by atoms with Crippen molar-refractivity contribution in [1.82, 2.24) is 0 Å². The molecule has 0 amide bonds. The summed E-state index contributed by atoms with van der Waals surface area (Å²) in [6, 6.07) is 12.2. The van der Waals surface area contributed by atoms with E-state index in [1.807, 2.05) is 36.4 Å². The van der Waals surface area contributed by atoms with Crippen LogP contribution >= 0.6 is 0 Å². The maximum atomic E-state index is 5.78. The first-order valence-electron chi connectivity index (χ1n) is 10.5. The van der Waals surface area contributed by atoms with Gasteiger partial charge in [-0.05, 0) is 89.0 Å². The summed E-state index contributed by atoms with van der Waals surface area (Å²) in [5, 5.41) is 0. The van der Waals surface area contributed by atoms with Crippen LogP contribution in [0.4, 0.5) is 0 Å². The Kier molecular flexibility index (Phi) is 6.04. The molecule has 3 nitrogen and oxygen atoms in total. The maximum absolute atomic E-state index is 5.78. The molecule has 0 radical (unpaired) electrons. The Morgan fingerprint density at radius 1 is 0.485 bits per heavy atom. The van der Waals surface area contributed by atoms with E-state index in [0.29, 0.717) is 36.5 Å². The number of hydrogen-bond acceptors (Lipinski definition) is 3. The molecule has 3 heteroatoms. The minimum Gasteiger partial charge on any atom is -0.495 e. The highest BCUT2D eigenvalue weighted by Gasteiger charge is 2.20. The van der Waals surface area contributed by atoms with E-state index >= 15 is 0 Å². The van der Waals surface area contributed by atoms with Crippen LogP contribution in [0.25, 0.3) is 0 Å². The van der Waals surface area contributed by atoms with E-state index in [-0.39, 0.29) is 0 Å². The van der Waals surface area contributed by atoms with Crippen molar-refractivity contribution in [2.75, 3.05) is 21.3 Å². The molecule has 0 unspecified atom stereocenters. The summed E-state index contributed by atoms with van der Waals surface area (Å²) in [4.78, 5) is 0. The first kappa shape index (κ1) is 22.0. The zero-order valence-corrected chi connectivity index (χ0v) is 19.0. The Bertz CT molecular complexity index is 1200. The fourth-order valence-electron chi connectivity index (χ4n) is 4.45. The zero-order valence-electron chi connectivity index (χ0n) is 19.0. The summed E-state index contributed by atoms with van der Waals surface area (Å²) in [6.07, 6.45) is 19.4. The molecule has 3 aromatic rings. The molecule has 1 aliphatic carbocycles. The SMILES string of the molecule is C#Cc1cc2c(cc1OC)Cc1cc(C#C)c(OC)cc1Cc1cc(C#C)c(OC)cc1C2. The number of ether oxygens (including phenoxy) is 3. The van der Waals surface area contributed by atoms with Gasteiger partial charge < -0.3 is 14.2 Å². The number of benzene rings is 3. The van der Waals surface area contributed by atoms with Crippen LogP contribution in [0.15, 0.2) is 36.4 Å². The highest BCUT2D eigenvalue weighted by atomic mass is 16.5. The number of hydrogen-bond donors (Lipinski definition) is 0. The number of fused-ring (bicyclic) bond motifs is 3. The van der Waals surface area contributed by atoms with Gasteiger partial charge in [0.15, 0.2) is 0 Å². The number of methoxy groups -OCH3 is 3. The summed E-state index contributed by atoms with van der Waals surface area (Å²) in [6.45, 7) is 0. The fraction of sp³-hybridized carbons (Fsp3) is 0.200. The molecular formula is C30H24O3. The second kappa shape index (κ2) is 9.08. The summed E-state index contributed by atoms with van der Waals surface area (Å²) in [7, 11) is 4.90. The predicted molar refractivity (Wildman–Crippen MR) is 131 cm³/mol. The van der Waals surface area contributed by atoms with E-state index in [1.54, 1.807) is 21.3 Å². The minimum absolute atomic E-state index is 0.684. The Labute approximate surface area is 195 Å². The van der Waals surface area contributed by atoms with Crippen LogP contribution in [0.3, 0.4) is 0 Å². The van der Waals surface area contributed by atoms with Crippen molar-refractivity contribution in [2.24, 2.45) is 0 Å². The van der Waals surface area contributed by atoms with Crippen molar-refractivity contribution in [3.05, 3.63) is 86.5 Å². The highest BCUT2D eigenvalue weighted by Crippen LogP contribution is 2.35. The lowest BCUT2D eigenvalue weighted by Crippen LogP contribution is -2.02. The third-order valence-corrected chi connectivity index (χ3v) is 6.17. The van der Waals surface area contributed by atoms with Crippen LogP contribution in [0.1, 0.15) is 50.1 Å². The summed E-state index contributed by atoms with van der Waals surface area (Å²) >= 11 is 0. The molecule has 0 fully saturated rings. The summed E-state index contributed by atoms with van der Waals surface area (Å²) in [5.41, 5.74) is 8.97. The van der Waals surface area contributed by atoms with E-state index < -0.39 is 0 Å². The molecule has 0 aliphatic heterocycles. The van der Waals surface area contributed by atoms with Gasteiger partial charge in [0, 0.05) is 0 Å². The highest BCUT2D eigenvalue weighted by molar-refractivity contribution is 5.59.